The van der Waals surface area contributed by atoms with E-state index in [1.807, 2.05) is 0 Å². The molecule has 0 unspecified atom stereocenters. The predicted octanol–water partition coefficient (Wildman–Crippen LogP) is 3.23. The van der Waals surface area contributed by atoms with Crippen LogP contribution in [0.3, 0.4) is 0 Å². The SMILES string of the molecule is O=[N+]([O-])c1ncc(Cl)c(C(F)F)c1Cl. The average Bonchev–Trinajstić information content (AvgIpc) is 2.02. The summed E-state index contributed by atoms with van der Waals surface area (Å²) in [6.07, 6.45) is -2.20. The quantitative estimate of drug-likeness (QED) is 0.591. The molecule has 4 nitrogen and oxygen atoms in total. The van der Waals surface area contributed by atoms with Gasteiger partial charge in [0.15, 0.2) is 6.20 Å². The van der Waals surface area contributed by atoms with Crippen LogP contribution in [0.5, 0.6) is 0 Å². The Bertz CT molecular complexity index is 386. The topological polar surface area (TPSA) is 56.0 Å². The van der Waals surface area contributed by atoms with Crippen LogP contribution in [0, 0.1) is 10.1 Å². The number of hydrogen-bond acceptors (Lipinski definition) is 3. The van der Waals surface area contributed by atoms with Crippen molar-refractivity contribution in [1.82, 2.24) is 4.98 Å². The van der Waals surface area contributed by atoms with Crippen molar-refractivity contribution in [3.63, 3.8) is 0 Å². The van der Waals surface area contributed by atoms with Gasteiger partial charge in [-0.25, -0.2) is 8.78 Å². The van der Waals surface area contributed by atoms with Crippen molar-refractivity contribution in [1.29, 1.82) is 0 Å². The molecule has 0 spiro atoms. The van der Waals surface area contributed by atoms with Gasteiger partial charge in [-0.05, 0) is 9.91 Å². The summed E-state index contributed by atoms with van der Waals surface area (Å²) < 4.78 is 24.6. The lowest BCUT2D eigenvalue weighted by Crippen LogP contribution is -1.98. The van der Waals surface area contributed by atoms with E-state index in [4.69, 9.17) is 23.2 Å². The van der Waals surface area contributed by atoms with Crippen LogP contribution < -0.4 is 0 Å². The van der Waals surface area contributed by atoms with E-state index in [1.54, 1.807) is 0 Å². The molecule has 0 atom stereocenters. The van der Waals surface area contributed by atoms with Crippen LogP contribution in [0.1, 0.15) is 12.0 Å². The van der Waals surface area contributed by atoms with Gasteiger partial charge in [-0.2, -0.15) is 0 Å². The number of hydrogen-bond donors (Lipinski definition) is 0. The molecule has 0 aromatic carbocycles. The van der Waals surface area contributed by atoms with Crippen molar-refractivity contribution in [2.45, 2.75) is 6.43 Å². The Labute approximate surface area is 86.6 Å². The van der Waals surface area contributed by atoms with E-state index in [9.17, 15) is 18.9 Å². The van der Waals surface area contributed by atoms with Crippen LogP contribution in [0.2, 0.25) is 10.0 Å². The molecule has 1 aromatic rings. The van der Waals surface area contributed by atoms with E-state index in [0.29, 0.717) is 0 Å². The minimum absolute atomic E-state index is 0.393. The van der Waals surface area contributed by atoms with Crippen molar-refractivity contribution in [3.05, 3.63) is 31.9 Å². The maximum Gasteiger partial charge on any atom is 0.382 e. The van der Waals surface area contributed by atoms with Gasteiger partial charge in [-0.15, -0.1) is 0 Å². The molecule has 0 amide bonds. The van der Waals surface area contributed by atoms with Crippen LogP contribution in [0.15, 0.2) is 6.20 Å². The summed E-state index contributed by atoms with van der Waals surface area (Å²) in [6.45, 7) is 0. The largest absolute Gasteiger partial charge is 0.382 e. The monoisotopic (exact) mass is 242 g/mol. The Morgan fingerprint density at radius 1 is 1.50 bits per heavy atom. The van der Waals surface area contributed by atoms with E-state index in [1.165, 1.54) is 0 Å². The third-order valence-electron chi connectivity index (χ3n) is 1.38. The highest BCUT2D eigenvalue weighted by Gasteiger charge is 2.26. The third kappa shape index (κ3) is 1.91. The van der Waals surface area contributed by atoms with Crippen molar-refractivity contribution < 1.29 is 13.7 Å². The maximum absolute atomic E-state index is 12.3. The van der Waals surface area contributed by atoms with E-state index in [0.717, 1.165) is 6.20 Å². The number of nitro groups is 1. The Balaban J connectivity index is 3.41. The molecule has 0 aliphatic heterocycles. The van der Waals surface area contributed by atoms with Gasteiger partial charge >= 0.3 is 5.82 Å². The minimum Gasteiger partial charge on any atom is -0.358 e. The van der Waals surface area contributed by atoms with Gasteiger partial charge in [0, 0.05) is 0 Å². The normalized spacial score (nSPS) is 10.6. The minimum atomic E-state index is -2.98. The average molecular weight is 243 g/mol. The van der Waals surface area contributed by atoms with Gasteiger partial charge in [-0.1, -0.05) is 23.2 Å². The molecule has 0 radical (unpaired) electrons. The number of aromatic nitrogens is 1. The number of halogens is 4. The van der Waals surface area contributed by atoms with Crippen LogP contribution in [-0.2, 0) is 0 Å². The van der Waals surface area contributed by atoms with Crippen molar-refractivity contribution in [2.75, 3.05) is 0 Å². The lowest BCUT2D eigenvalue weighted by atomic mass is 10.2. The fourth-order valence-electron chi connectivity index (χ4n) is 0.797. The number of alkyl halides is 2. The summed E-state index contributed by atoms with van der Waals surface area (Å²) in [7, 11) is 0. The first-order chi connectivity index (χ1) is 6.45. The molecule has 14 heavy (non-hydrogen) atoms. The summed E-state index contributed by atoms with van der Waals surface area (Å²) in [6, 6.07) is 0. The molecule has 0 saturated heterocycles. The summed E-state index contributed by atoms with van der Waals surface area (Å²) in [5, 5.41) is 9.16. The Morgan fingerprint density at radius 2 is 2.07 bits per heavy atom. The molecular weight excluding hydrogens is 241 g/mol. The summed E-state index contributed by atoms with van der Waals surface area (Å²) in [4.78, 5) is 12.5. The maximum atomic E-state index is 12.3. The first-order valence-electron chi connectivity index (χ1n) is 3.21. The zero-order valence-electron chi connectivity index (χ0n) is 6.38. The Kier molecular flexibility index (Phi) is 3.17. The first kappa shape index (κ1) is 11.1. The molecule has 0 aliphatic carbocycles. The highest BCUT2D eigenvalue weighted by molar-refractivity contribution is 6.37. The molecule has 0 fully saturated rings. The number of pyridine rings is 1. The molecule has 0 N–H and O–H groups in total. The molecular formula is C6H2Cl2F2N2O2. The van der Waals surface area contributed by atoms with Crippen molar-refractivity contribution in [3.8, 4) is 0 Å². The van der Waals surface area contributed by atoms with E-state index < -0.39 is 32.8 Å². The fourth-order valence-corrected chi connectivity index (χ4v) is 1.37. The summed E-state index contributed by atoms with van der Waals surface area (Å²) >= 11 is 10.7. The molecule has 0 aliphatic rings. The summed E-state index contributed by atoms with van der Waals surface area (Å²) in [5.74, 6) is -0.827. The van der Waals surface area contributed by atoms with Crippen LogP contribution in [0.25, 0.3) is 0 Å². The highest BCUT2D eigenvalue weighted by atomic mass is 35.5. The lowest BCUT2D eigenvalue weighted by Gasteiger charge is -2.03. The highest BCUT2D eigenvalue weighted by Crippen LogP contribution is 2.37. The van der Waals surface area contributed by atoms with Crippen molar-refractivity contribution >= 4 is 29.0 Å². The lowest BCUT2D eigenvalue weighted by molar-refractivity contribution is -0.389. The molecule has 0 bridgehead atoms. The van der Waals surface area contributed by atoms with Crippen LogP contribution in [0.4, 0.5) is 14.6 Å². The van der Waals surface area contributed by atoms with Gasteiger partial charge in [0.1, 0.15) is 5.02 Å². The first-order valence-corrected chi connectivity index (χ1v) is 3.97. The van der Waals surface area contributed by atoms with Crippen LogP contribution in [-0.4, -0.2) is 9.91 Å². The molecule has 8 heteroatoms. The molecule has 1 heterocycles. The number of rotatable bonds is 2. The second-order valence-corrected chi connectivity index (χ2v) is 3.00. The fraction of sp³-hybridized carbons (Fsp3) is 0.167. The predicted molar refractivity (Wildman–Crippen MR) is 45.9 cm³/mol. The van der Waals surface area contributed by atoms with E-state index in [-0.39, 0.29) is 0 Å². The molecule has 0 saturated carbocycles. The molecule has 1 rings (SSSR count). The van der Waals surface area contributed by atoms with Gasteiger partial charge in [0.2, 0.25) is 0 Å². The van der Waals surface area contributed by atoms with Gasteiger partial charge in [-0.3, -0.25) is 0 Å². The second kappa shape index (κ2) is 4.02. The molecule has 76 valence electrons. The smallest absolute Gasteiger partial charge is 0.358 e. The molecule has 1 aromatic heterocycles. The number of nitrogens with zero attached hydrogens (tertiary/aromatic N) is 2. The second-order valence-electron chi connectivity index (χ2n) is 2.22. The Hall–Kier alpha value is -1.01. The van der Waals surface area contributed by atoms with Gasteiger partial charge < -0.3 is 10.1 Å². The van der Waals surface area contributed by atoms with E-state index >= 15 is 0 Å². The summed E-state index contributed by atoms with van der Waals surface area (Å²) in [5.41, 5.74) is -0.768. The van der Waals surface area contributed by atoms with Gasteiger partial charge in [0.05, 0.1) is 10.6 Å². The van der Waals surface area contributed by atoms with Crippen molar-refractivity contribution in [2.24, 2.45) is 0 Å². The third-order valence-corrected chi connectivity index (χ3v) is 2.06. The standard InChI is InChI=1S/C6H2Cl2F2N2O2/c7-2-1-11-6(12(13)14)4(8)3(2)5(9)10/h1,5H. The zero-order valence-corrected chi connectivity index (χ0v) is 7.89. The van der Waals surface area contributed by atoms with Gasteiger partial charge in [0.25, 0.3) is 6.43 Å². The Morgan fingerprint density at radius 3 is 2.50 bits per heavy atom. The van der Waals surface area contributed by atoms with E-state index in [2.05, 4.69) is 4.98 Å². The van der Waals surface area contributed by atoms with Crippen LogP contribution >= 0.6 is 23.2 Å². The zero-order chi connectivity index (χ0) is 10.9.